The van der Waals surface area contributed by atoms with E-state index in [1.54, 1.807) is 0 Å². The predicted octanol–water partition coefficient (Wildman–Crippen LogP) is 1.14. The molecule has 0 radical (unpaired) electrons. The molecule has 20 heavy (non-hydrogen) atoms. The fourth-order valence-electron chi connectivity index (χ4n) is 4.40. The van der Waals surface area contributed by atoms with Crippen LogP contribution in [0.5, 0.6) is 0 Å². The molecule has 2 saturated carbocycles. The minimum atomic E-state index is 0.471. The summed E-state index contributed by atoms with van der Waals surface area (Å²) in [4.78, 5) is 5.47. The van der Waals surface area contributed by atoms with Gasteiger partial charge >= 0.3 is 0 Å². The minimum absolute atomic E-state index is 0.471. The van der Waals surface area contributed by atoms with Crippen molar-refractivity contribution in [3.05, 3.63) is 0 Å². The van der Waals surface area contributed by atoms with Gasteiger partial charge < -0.3 is 11.5 Å². The highest BCUT2D eigenvalue weighted by Crippen LogP contribution is 2.26. The zero-order valence-electron chi connectivity index (χ0n) is 12.8. The summed E-state index contributed by atoms with van der Waals surface area (Å²) in [5.74, 6) is 0. The van der Waals surface area contributed by atoms with Crippen molar-refractivity contribution >= 4 is 0 Å². The lowest BCUT2D eigenvalue weighted by atomic mass is 9.89. The molecular formula is C16H32N4. The summed E-state index contributed by atoms with van der Waals surface area (Å²) in [6.07, 6.45) is 10.2. The number of nitrogens with zero attached hydrogens (tertiary/aromatic N) is 2. The molecule has 4 heteroatoms. The lowest BCUT2D eigenvalue weighted by Crippen LogP contribution is -2.55. The molecule has 2 aliphatic carbocycles. The Balaban J connectivity index is 1.42. The molecule has 4 N–H and O–H groups in total. The van der Waals surface area contributed by atoms with Crippen molar-refractivity contribution in [1.82, 2.24) is 9.80 Å². The number of rotatable bonds is 2. The van der Waals surface area contributed by atoms with E-state index in [-0.39, 0.29) is 0 Å². The molecule has 0 spiro atoms. The molecule has 0 bridgehead atoms. The second-order valence-electron chi connectivity index (χ2n) is 7.21. The fraction of sp³-hybridized carbons (Fsp3) is 1.00. The summed E-state index contributed by atoms with van der Waals surface area (Å²) >= 11 is 0. The highest BCUT2D eigenvalue weighted by molar-refractivity contribution is 4.88. The summed E-state index contributed by atoms with van der Waals surface area (Å²) in [6, 6.07) is 2.58. The first kappa shape index (κ1) is 14.8. The third-order valence-electron chi connectivity index (χ3n) is 5.86. The second-order valence-corrected chi connectivity index (χ2v) is 7.21. The molecule has 116 valence electrons. The van der Waals surface area contributed by atoms with E-state index in [1.165, 1.54) is 77.5 Å². The van der Waals surface area contributed by atoms with Crippen LogP contribution in [0, 0.1) is 0 Å². The Kier molecular flexibility index (Phi) is 4.97. The maximum absolute atomic E-state index is 6.02. The molecule has 0 aromatic rings. The number of piperazine rings is 1. The third-order valence-corrected chi connectivity index (χ3v) is 5.86. The van der Waals surface area contributed by atoms with Gasteiger partial charge in [0.05, 0.1) is 0 Å². The van der Waals surface area contributed by atoms with Gasteiger partial charge in [-0.3, -0.25) is 9.80 Å². The average molecular weight is 280 g/mol. The molecule has 1 aliphatic heterocycles. The molecule has 4 nitrogen and oxygen atoms in total. The van der Waals surface area contributed by atoms with E-state index in [9.17, 15) is 0 Å². The topological polar surface area (TPSA) is 58.5 Å². The van der Waals surface area contributed by atoms with Crippen LogP contribution in [0.1, 0.15) is 51.4 Å². The van der Waals surface area contributed by atoms with Crippen molar-refractivity contribution in [2.45, 2.75) is 75.5 Å². The molecule has 1 heterocycles. The largest absolute Gasteiger partial charge is 0.328 e. The normalized spacial score (nSPS) is 41.7. The monoisotopic (exact) mass is 280 g/mol. The van der Waals surface area contributed by atoms with E-state index in [4.69, 9.17) is 11.5 Å². The minimum Gasteiger partial charge on any atom is -0.328 e. The molecule has 0 unspecified atom stereocenters. The molecule has 1 saturated heterocycles. The Morgan fingerprint density at radius 2 is 0.800 bits per heavy atom. The highest BCUT2D eigenvalue weighted by atomic mass is 15.3. The fourth-order valence-corrected chi connectivity index (χ4v) is 4.40. The van der Waals surface area contributed by atoms with E-state index < -0.39 is 0 Å². The summed E-state index contributed by atoms with van der Waals surface area (Å²) in [6.45, 7) is 5.07. The Morgan fingerprint density at radius 3 is 1.10 bits per heavy atom. The molecule has 0 amide bonds. The molecule has 3 rings (SSSR count). The van der Waals surface area contributed by atoms with Gasteiger partial charge in [-0.05, 0) is 51.4 Å². The van der Waals surface area contributed by atoms with Crippen molar-refractivity contribution in [3.8, 4) is 0 Å². The maximum atomic E-state index is 6.02. The Labute approximate surface area is 123 Å². The third kappa shape index (κ3) is 3.53. The highest BCUT2D eigenvalue weighted by Gasteiger charge is 2.30. The second kappa shape index (κ2) is 6.73. The van der Waals surface area contributed by atoms with E-state index in [0.29, 0.717) is 12.1 Å². The molecule has 3 aliphatic rings. The number of hydrogen-bond donors (Lipinski definition) is 2. The van der Waals surface area contributed by atoms with Crippen LogP contribution in [-0.2, 0) is 0 Å². The van der Waals surface area contributed by atoms with Gasteiger partial charge in [0.1, 0.15) is 0 Å². The van der Waals surface area contributed by atoms with Gasteiger partial charge in [-0.15, -0.1) is 0 Å². The Bertz CT molecular complexity index is 255. The van der Waals surface area contributed by atoms with Crippen LogP contribution in [0.25, 0.3) is 0 Å². The van der Waals surface area contributed by atoms with Gasteiger partial charge in [-0.1, -0.05) is 0 Å². The first-order chi connectivity index (χ1) is 9.72. The summed E-state index contributed by atoms with van der Waals surface area (Å²) in [5, 5.41) is 0. The summed E-state index contributed by atoms with van der Waals surface area (Å²) in [5.41, 5.74) is 12.0. The smallest absolute Gasteiger partial charge is 0.0113 e. The van der Waals surface area contributed by atoms with E-state index in [1.807, 2.05) is 0 Å². The van der Waals surface area contributed by atoms with Gasteiger partial charge in [0.15, 0.2) is 0 Å². The SMILES string of the molecule is NC1CCC(N2CCN(C3CCC(N)CC3)CC2)CC1. The summed E-state index contributed by atoms with van der Waals surface area (Å²) < 4.78 is 0. The van der Waals surface area contributed by atoms with Crippen molar-refractivity contribution < 1.29 is 0 Å². The van der Waals surface area contributed by atoms with Crippen LogP contribution in [0.3, 0.4) is 0 Å². The van der Waals surface area contributed by atoms with Gasteiger partial charge in [0.2, 0.25) is 0 Å². The molecule has 0 atom stereocenters. The lowest BCUT2D eigenvalue weighted by Gasteiger charge is -2.45. The zero-order chi connectivity index (χ0) is 13.9. The van der Waals surface area contributed by atoms with Crippen LogP contribution in [0.2, 0.25) is 0 Å². The Morgan fingerprint density at radius 1 is 0.500 bits per heavy atom. The Hall–Kier alpha value is -0.160. The maximum Gasteiger partial charge on any atom is 0.0113 e. The van der Waals surface area contributed by atoms with E-state index in [0.717, 1.165) is 12.1 Å². The van der Waals surface area contributed by atoms with Crippen LogP contribution in [0.4, 0.5) is 0 Å². The van der Waals surface area contributed by atoms with E-state index >= 15 is 0 Å². The molecule has 0 aromatic heterocycles. The van der Waals surface area contributed by atoms with Gasteiger partial charge in [0.25, 0.3) is 0 Å². The number of hydrogen-bond acceptors (Lipinski definition) is 4. The first-order valence-electron chi connectivity index (χ1n) is 8.71. The molecule has 0 aromatic carbocycles. The van der Waals surface area contributed by atoms with Crippen molar-refractivity contribution in [1.29, 1.82) is 0 Å². The zero-order valence-corrected chi connectivity index (χ0v) is 12.8. The quantitative estimate of drug-likeness (QED) is 0.796. The van der Waals surface area contributed by atoms with Crippen LogP contribution >= 0.6 is 0 Å². The lowest BCUT2D eigenvalue weighted by molar-refractivity contribution is 0.0433. The molecular weight excluding hydrogens is 248 g/mol. The van der Waals surface area contributed by atoms with Crippen LogP contribution in [0.15, 0.2) is 0 Å². The summed E-state index contributed by atoms with van der Waals surface area (Å²) in [7, 11) is 0. The van der Waals surface area contributed by atoms with Gasteiger partial charge in [-0.25, -0.2) is 0 Å². The van der Waals surface area contributed by atoms with Crippen LogP contribution in [-0.4, -0.2) is 60.1 Å². The molecule has 3 fully saturated rings. The van der Waals surface area contributed by atoms with Crippen molar-refractivity contribution in [2.24, 2.45) is 11.5 Å². The average Bonchev–Trinajstić information content (AvgIpc) is 2.49. The van der Waals surface area contributed by atoms with Crippen molar-refractivity contribution in [3.63, 3.8) is 0 Å². The van der Waals surface area contributed by atoms with Gasteiger partial charge in [0, 0.05) is 50.3 Å². The first-order valence-corrected chi connectivity index (χ1v) is 8.71. The van der Waals surface area contributed by atoms with Gasteiger partial charge in [-0.2, -0.15) is 0 Å². The van der Waals surface area contributed by atoms with E-state index in [2.05, 4.69) is 9.80 Å². The standard InChI is InChI=1S/C16H32N4/c17-13-1-5-15(6-2-13)19-9-11-20(12-10-19)16-7-3-14(18)4-8-16/h13-16H,1-12,17-18H2. The number of nitrogens with two attached hydrogens (primary N) is 2. The van der Waals surface area contributed by atoms with Crippen LogP contribution < -0.4 is 11.5 Å². The predicted molar refractivity (Wildman–Crippen MR) is 83.6 cm³/mol. The van der Waals surface area contributed by atoms with Crippen molar-refractivity contribution in [2.75, 3.05) is 26.2 Å².